The largest absolute Gasteiger partial charge is 0.492 e. The van der Waals surface area contributed by atoms with Crippen LogP contribution in [0.2, 0.25) is 0 Å². The maximum Gasteiger partial charge on any atom is 0.119 e. The number of hydrogen-bond donors (Lipinski definition) is 1. The van der Waals surface area contributed by atoms with Crippen molar-refractivity contribution in [1.82, 2.24) is 4.90 Å². The zero-order chi connectivity index (χ0) is 13.8. The molecule has 3 heteroatoms. The summed E-state index contributed by atoms with van der Waals surface area (Å²) in [4.78, 5) is 2.66. The van der Waals surface area contributed by atoms with Crippen LogP contribution in [0.5, 0.6) is 5.75 Å². The van der Waals surface area contributed by atoms with Crippen molar-refractivity contribution >= 4 is 5.69 Å². The number of nitrogens with two attached hydrogens (primary N) is 1. The number of nitrogen functional groups attached to an aromatic ring is 1. The van der Waals surface area contributed by atoms with Crippen molar-refractivity contribution < 1.29 is 4.74 Å². The van der Waals surface area contributed by atoms with E-state index in [0.717, 1.165) is 36.5 Å². The Balaban J connectivity index is 1.46. The van der Waals surface area contributed by atoms with Crippen LogP contribution in [0.25, 0.3) is 0 Å². The van der Waals surface area contributed by atoms with Gasteiger partial charge in [-0.3, -0.25) is 4.90 Å². The van der Waals surface area contributed by atoms with Crippen LogP contribution in [0.3, 0.4) is 0 Å². The second-order valence-electron chi connectivity index (χ2n) is 6.21. The Morgan fingerprint density at radius 1 is 1.05 bits per heavy atom. The molecule has 3 nitrogen and oxygen atoms in total. The van der Waals surface area contributed by atoms with E-state index in [2.05, 4.69) is 4.90 Å². The lowest BCUT2D eigenvalue weighted by atomic mass is 9.96. The third-order valence-corrected chi connectivity index (χ3v) is 4.89. The topological polar surface area (TPSA) is 38.5 Å². The molecule has 1 atom stereocenters. The van der Waals surface area contributed by atoms with Gasteiger partial charge in [-0.25, -0.2) is 0 Å². The van der Waals surface area contributed by atoms with Crippen LogP contribution in [-0.4, -0.2) is 30.6 Å². The fourth-order valence-corrected chi connectivity index (χ4v) is 3.85. The highest BCUT2D eigenvalue weighted by molar-refractivity contribution is 5.41. The van der Waals surface area contributed by atoms with Gasteiger partial charge in [0.2, 0.25) is 0 Å². The Morgan fingerprint density at radius 3 is 2.55 bits per heavy atom. The molecule has 0 radical (unpaired) electrons. The molecule has 1 unspecified atom stereocenters. The third-order valence-electron chi connectivity index (χ3n) is 4.89. The second-order valence-corrected chi connectivity index (χ2v) is 6.21. The summed E-state index contributed by atoms with van der Waals surface area (Å²) in [7, 11) is 0. The minimum Gasteiger partial charge on any atom is -0.492 e. The molecule has 2 N–H and O–H groups in total. The molecule has 110 valence electrons. The highest BCUT2D eigenvalue weighted by atomic mass is 16.5. The van der Waals surface area contributed by atoms with E-state index in [1.165, 1.54) is 45.1 Å². The second kappa shape index (κ2) is 6.49. The van der Waals surface area contributed by atoms with Gasteiger partial charge in [0.25, 0.3) is 0 Å². The highest BCUT2D eigenvalue weighted by Crippen LogP contribution is 2.35. The van der Waals surface area contributed by atoms with E-state index in [1.807, 2.05) is 24.3 Å². The first kappa shape index (κ1) is 13.7. The molecule has 1 saturated heterocycles. The summed E-state index contributed by atoms with van der Waals surface area (Å²) < 4.78 is 5.84. The minimum atomic E-state index is 0.785. The molecule has 0 aromatic heterocycles. The molecule has 0 amide bonds. The first-order valence-corrected chi connectivity index (χ1v) is 8.05. The number of nitrogens with zero attached hydrogens (tertiary/aromatic N) is 1. The number of likely N-dealkylation sites (tertiary alicyclic amines) is 1. The molecule has 1 aromatic rings. The molecule has 3 rings (SSSR count). The quantitative estimate of drug-likeness (QED) is 0.837. The zero-order valence-electron chi connectivity index (χ0n) is 12.3. The van der Waals surface area contributed by atoms with Gasteiger partial charge >= 0.3 is 0 Å². The van der Waals surface area contributed by atoms with E-state index >= 15 is 0 Å². The fraction of sp³-hybridized carbons (Fsp3) is 0.647. The number of benzene rings is 1. The van der Waals surface area contributed by atoms with E-state index in [9.17, 15) is 0 Å². The van der Waals surface area contributed by atoms with Gasteiger partial charge in [-0.1, -0.05) is 12.8 Å². The zero-order valence-corrected chi connectivity index (χ0v) is 12.3. The van der Waals surface area contributed by atoms with Gasteiger partial charge in [0.05, 0.1) is 0 Å². The smallest absolute Gasteiger partial charge is 0.119 e. The predicted molar refractivity (Wildman–Crippen MR) is 82.9 cm³/mol. The van der Waals surface area contributed by atoms with Gasteiger partial charge in [0.15, 0.2) is 0 Å². The van der Waals surface area contributed by atoms with E-state index in [1.54, 1.807) is 0 Å². The molecule has 1 heterocycles. The summed E-state index contributed by atoms with van der Waals surface area (Å²) in [5.41, 5.74) is 6.47. The SMILES string of the molecule is Nc1ccc(OCCN2CCCC2C2CCCC2)cc1. The Labute approximate surface area is 122 Å². The molecule has 0 bridgehead atoms. The Kier molecular flexibility index (Phi) is 4.46. The van der Waals surface area contributed by atoms with Crippen molar-refractivity contribution in [3.8, 4) is 5.75 Å². The maximum absolute atomic E-state index is 5.84. The first-order valence-electron chi connectivity index (χ1n) is 8.05. The molecule has 2 aliphatic rings. The molecular weight excluding hydrogens is 248 g/mol. The summed E-state index contributed by atoms with van der Waals surface area (Å²) >= 11 is 0. The Bertz CT molecular complexity index is 412. The lowest BCUT2D eigenvalue weighted by molar-refractivity contribution is 0.158. The average molecular weight is 274 g/mol. The summed E-state index contributed by atoms with van der Waals surface area (Å²) in [5, 5.41) is 0. The van der Waals surface area contributed by atoms with Gasteiger partial charge in [-0.05, 0) is 62.4 Å². The summed E-state index contributed by atoms with van der Waals surface area (Å²) in [5.74, 6) is 1.88. The van der Waals surface area contributed by atoms with Crippen molar-refractivity contribution in [3.05, 3.63) is 24.3 Å². The molecule has 0 spiro atoms. The number of ether oxygens (including phenoxy) is 1. The molecular formula is C17H26N2O. The van der Waals surface area contributed by atoms with Gasteiger partial charge in [0, 0.05) is 18.3 Å². The van der Waals surface area contributed by atoms with E-state index < -0.39 is 0 Å². The van der Waals surface area contributed by atoms with Crippen LogP contribution in [0.15, 0.2) is 24.3 Å². The molecule has 1 aliphatic heterocycles. The summed E-state index contributed by atoms with van der Waals surface area (Å²) in [6.07, 6.45) is 8.53. The summed E-state index contributed by atoms with van der Waals surface area (Å²) in [6, 6.07) is 8.52. The first-order chi connectivity index (χ1) is 9.83. The van der Waals surface area contributed by atoms with Crippen LogP contribution < -0.4 is 10.5 Å². The van der Waals surface area contributed by atoms with Gasteiger partial charge in [-0.2, -0.15) is 0 Å². The van der Waals surface area contributed by atoms with Gasteiger partial charge in [0.1, 0.15) is 12.4 Å². The summed E-state index contributed by atoms with van der Waals surface area (Å²) in [6.45, 7) is 3.10. The van der Waals surface area contributed by atoms with Crippen molar-refractivity contribution in [3.63, 3.8) is 0 Å². The third kappa shape index (κ3) is 3.26. The van der Waals surface area contributed by atoms with Crippen LogP contribution in [0, 0.1) is 5.92 Å². The molecule has 2 fully saturated rings. The molecule has 1 aromatic carbocycles. The highest BCUT2D eigenvalue weighted by Gasteiger charge is 2.32. The van der Waals surface area contributed by atoms with Crippen LogP contribution in [0.1, 0.15) is 38.5 Å². The minimum absolute atomic E-state index is 0.785. The van der Waals surface area contributed by atoms with Crippen molar-refractivity contribution in [1.29, 1.82) is 0 Å². The van der Waals surface area contributed by atoms with Gasteiger partial charge in [-0.15, -0.1) is 0 Å². The monoisotopic (exact) mass is 274 g/mol. The number of hydrogen-bond acceptors (Lipinski definition) is 3. The van der Waals surface area contributed by atoms with Gasteiger partial charge < -0.3 is 10.5 Å². The van der Waals surface area contributed by atoms with Crippen LogP contribution in [-0.2, 0) is 0 Å². The molecule has 20 heavy (non-hydrogen) atoms. The van der Waals surface area contributed by atoms with Crippen LogP contribution >= 0.6 is 0 Å². The molecule has 1 aliphatic carbocycles. The average Bonchev–Trinajstić information content (AvgIpc) is 3.11. The normalized spacial score (nSPS) is 24.3. The number of anilines is 1. The van der Waals surface area contributed by atoms with Crippen molar-refractivity contribution in [2.75, 3.05) is 25.4 Å². The fourth-order valence-electron chi connectivity index (χ4n) is 3.85. The van der Waals surface area contributed by atoms with E-state index in [4.69, 9.17) is 10.5 Å². The van der Waals surface area contributed by atoms with E-state index in [-0.39, 0.29) is 0 Å². The van der Waals surface area contributed by atoms with Crippen molar-refractivity contribution in [2.45, 2.75) is 44.6 Å². The van der Waals surface area contributed by atoms with E-state index in [0.29, 0.717) is 0 Å². The Morgan fingerprint density at radius 2 is 1.80 bits per heavy atom. The van der Waals surface area contributed by atoms with Crippen molar-refractivity contribution in [2.24, 2.45) is 5.92 Å². The standard InChI is InChI=1S/C17H26N2O/c18-15-7-9-16(10-8-15)20-13-12-19-11-3-6-17(19)14-4-1-2-5-14/h7-10,14,17H,1-6,11-13,18H2. The number of rotatable bonds is 5. The van der Waals surface area contributed by atoms with Crippen LogP contribution in [0.4, 0.5) is 5.69 Å². The lowest BCUT2D eigenvalue weighted by Gasteiger charge is -2.29. The maximum atomic E-state index is 5.84. The predicted octanol–water partition coefficient (Wildman–Crippen LogP) is 3.30. The lowest BCUT2D eigenvalue weighted by Crippen LogP contribution is -2.37. The Hall–Kier alpha value is -1.22. The molecule has 1 saturated carbocycles.